The fourth-order valence-electron chi connectivity index (χ4n) is 1.80. The van der Waals surface area contributed by atoms with Gasteiger partial charge in [0.15, 0.2) is 0 Å². The van der Waals surface area contributed by atoms with E-state index in [1.165, 1.54) is 0 Å². The van der Waals surface area contributed by atoms with Crippen LogP contribution in [0.5, 0.6) is 11.5 Å². The third-order valence-electron chi connectivity index (χ3n) is 2.80. The van der Waals surface area contributed by atoms with E-state index in [4.69, 9.17) is 38.8 Å². The molecule has 1 atom stereocenters. The van der Waals surface area contributed by atoms with Gasteiger partial charge in [-0.15, -0.1) is 12.4 Å². The van der Waals surface area contributed by atoms with Gasteiger partial charge in [-0.1, -0.05) is 41.4 Å². The second-order valence-corrected chi connectivity index (χ2v) is 5.27. The molecule has 114 valence electrons. The summed E-state index contributed by atoms with van der Waals surface area (Å²) < 4.78 is 5.81. The largest absolute Gasteiger partial charge is 0.456 e. The van der Waals surface area contributed by atoms with Crippen LogP contribution in [-0.2, 0) is 6.42 Å². The van der Waals surface area contributed by atoms with Crippen molar-refractivity contribution in [3.63, 3.8) is 0 Å². The van der Waals surface area contributed by atoms with Crippen LogP contribution in [-0.4, -0.2) is 17.8 Å². The van der Waals surface area contributed by atoms with Crippen molar-refractivity contribution < 1.29 is 9.84 Å². The summed E-state index contributed by atoms with van der Waals surface area (Å²) in [6.07, 6.45) is 0.526. The molecule has 0 aliphatic carbocycles. The number of aliphatic hydroxyl groups is 1. The van der Waals surface area contributed by atoms with E-state index in [1.54, 1.807) is 18.2 Å². The van der Waals surface area contributed by atoms with Gasteiger partial charge in [-0.3, -0.25) is 0 Å². The molecule has 0 heterocycles. The predicted molar refractivity (Wildman–Crippen MR) is 89.0 cm³/mol. The van der Waals surface area contributed by atoms with Crippen LogP contribution >= 0.6 is 35.6 Å². The SMILES string of the molecule is Cl.NC(CO)Cc1ccccc1Oc1ccc(Cl)cc1Cl. The fourth-order valence-corrected chi connectivity index (χ4v) is 2.24. The minimum absolute atomic E-state index is 0. The van der Waals surface area contributed by atoms with E-state index in [9.17, 15) is 0 Å². The van der Waals surface area contributed by atoms with E-state index in [0.717, 1.165) is 5.56 Å². The molecule has 3 nitrogen and oxygen atoms in total. The summed E-state index contributed by atoms with van der Waals surface area (Å²) in [5.41, 5.74) is 6.68. The van der Waals surface area contributed by atoms with Crippen molar-refractivity contribution in [2.24, 2.45) is 5.73 Å². The number of para-hydroxylation sites is 1. The normalized spacial score (nSPS) is 11.6. The molecule has 0 bridgehead atoms. The molecule has 0 spiro atoms. The first-order valence-electron chi connectivity index (χ1n) is 6.17. The van der Waals surface area contributed by atoms with Gasteiger partial charge >= 0.3 is 0 Å². The molecule has 0 amide bonds. The molecule has 0 saturated carbocycles. The third-order valence-corrected chi connectivity index (χ3v) is 3.33. The van der Waals surface area contributed by atoms with E-state index >= 15 is 0 Å². The zero-order valence-electron chi connectivity index (χ0n) is 11.1. The van der Waals surface area contributed by atoms with Crippen LogP contribution in [0, 0.1) is 0 Å². The molecule has 2 aromatic rings. The summed E-state index contributed by atoms with van der Waals surface area (Å²) in [7, 11) is 0. The highest BCUT2D eigenvalue weighted by Crippen LogP contribution is 2.33. The zero-order valence-corrected chi connectivity index (χ0v) is 13.5. The molecule has 2 rings (SSSR count). The Morgan fingerprint density at radius 3 is 2.48 bits per heavy atom. The average Bonchev–Trinajstić information content (AvgIpc) is 2.43. The lowest BCUT2D eigenvalue weighted by Crippen LogP contribution is -2.26. The highest BCUT2D eigenvalue weighted by molar-refractivity contribution is 6.35. The maximum atomic E-state index is 9.05. The van der Waals surface area contributed by atoms with Crippen LogP contribution in [0.25, 0.3) is 0 Å². The number of hydrogen-bond donors (Lipinski definition) is 2. The second-order valence-electron chi connectivity index (χ2n) is 4.43. The Hall–Kier alpha value is -0.970. The Bertz CT molecular complexity index is 593. The van der Waals surface area contributed by atoms with E-state index in [1.807, 2.05) is 24.3 Å². The molecule has 6 heteroatoms. The van der Waals surface area contributed by atoms with Crippen LogP contribution in [0.1, 0.15) is 5.56 Å². The zero-order chi connectivity index (χ0) is 14.5. The Balaban J connectivity index is 0.00000220. The van der Waals surface area contributed by atoms with E-state index in [-0.39, 0.29) is 25.1 Å². The van der Waals surface area contributed by atoms with Gasteiger partial charge in [0.1, 0.15) is 11.5 Å². The van der Waals surface area contributed by atoms with E-state index in [0.29, 0.717) is 28.0 Å². The van der Waals surface area contributed by atoms with E-state index < -0.39 is 0 Å². The first-order valence-corrected chi connectivity index (χ1v) is 6.93. The molecule has 2 aromatic carbocycles. The van der Waals surface area contributed by atoms with Gasteiger partial charge in [-0.25, -0.2) is 0 Å². The van der Waals surface area contributed by atoms with Gasteiger partial charge in [-0.2, -0.15) is 0 Å². The van der Waals surface area contributed by atoms with Gasteiger partial charge in [0.2, 0.25) is 0 Å². The molecule has 0 aromatic heterocycles. The lowest BCUT2D eigenvalue weighted by Gasteiger charge is -2.14. The molecule has 0 saturated heterocycles. The topological polar surface area (TPSA) is 55.5 Å². The molecule has 0 aliphatic rings. The Morgan fingerprint density at radius 2 is 1.81 bits per heavy atom. The molecule has 1 unspecified atom stereocenters. The molecule has 0 aliphatic heterocycles. The summed E-state index contributed by atoms with van der Waals surface area (Å²) in [5.74, 6) is 1.20. The number of nitrogens with two attached hydrogens (primary N) is 1. The van der Waals surface area contributed by atoms with Crippen LogP contribution in [0.3, 0.4) is 0 Å². The smallest absolute Gasteiger partial charge is 0.146 e. The number of aliphatic hydroxyl groups excluding tert-OH is 1. The number of rotatable bonds is 5. The highest BCUT2D eigenvalue weighted by Gasteiger charge is 2.10. The molecule has 21 heavy (non-hydrogen) atoms. The summed E-state index contributed by atoms with van der Waals surface area (Å²) in [6, 6.07) is 12.3. The summed E-state index contributed by atoms with van der Waals surface area (Å²) in [5, 5.41) is 10.0. The molecular weight excluding hydrogens is 333 g/mol. The van der Waals surface area contributed by atoms with Gasteiger partial charge in [-0.05, 0) is 36.2 Å². The van der Waals surface area contributed by atoms with Crippen molar-refractivity contribution in [2.45, 2.75) is 12.5 Å². The number of benzene rings is 2. The Morgan fingerprint density at radius 1 is 1.10 bits per heavy atom. The summed E-state index contributed by atoms with van der Waals surface area (Å²) >= 11 is 11.9. The van der Waals surface area contributed by atoms with Crippen LogP contribution in [0.2, 0.25) is 10.0 Å². The monoisotopic (exact) mass is 347 g/mol. The maximum absolute atomic E-state index is 9.05. The van der Waals surface area contributed by atoms with Crippen molar-refractivity contribution in [2.75, 3.05) is 6.61 Å². The van der Waals surface area contributed by atoms with Gasteiger partial charge in [0, 0.05) is 11.1 Å². The van der Waals surface area contributed by atoms with Crippen LogP contribution < -0.4 is 10.5 Å². The van der Waals surface area contributed by atoms with Gasteiger partial charge in [0.25, 0.3) is 0 Å². The molecule has 0 radical (unpaired) electrons. The quantitative estimate of drug-likeness (QED) is 0.856. The molecule has 0 fully saturated rings. The molecular formula is C15H16Cl3NO2. The minimum atomic E-state index is -0.319. The standard InChI is InChI=1S/C15H15Cl2NO2.ClH/c16-11-5-6-15(13(17)8-11)20-14-4-2-1-3-10(14)7-12(18)9-19;/h1-6,8,12,19H,7,9,18H2;1H. The Kier molecular flexibility index (Phi) is 7.29. The van der Waals surface area contributed by atoms with E-state index in [2.05, 4.69) is 0 Å². The van der Waals surface area contributed by atoms with Crippen molar-refractivity contribution in [1.29, 1.82) is 0 Å². The fraction of sp³-hybridized carbons (Fsp3) is 0.200. The first-order chi connectivity index (χ1) is 9.60. The van der Waals surface area contributed by atoms with Gasteiger partial charge in [0.05, 0.1) is 11.6 Å². The third kappa shape index (κ3) is 5.06. The lowest BCUT2D eigenvalue weighted by atomic mass is 10.1. The van der Waals surface area contributed by atoms with Gasteiger partial charge < -0.3 is 15.6 Å². The van der Waals surface area contributed by atoms with Crippen molar-refractivity contribution >= 4 is 35.6 Å². The summed E-state index contributed by atoms with van der Waals surface area (Å²) in [6.45, 7) is -0.0734. The van der Waals surface area contributed by atoms with Crippen LogP contribution in [0.4, 0.5) is 0 Å². The highest BCUT2D eigenvalue weighted by atomic mass is 35.5. The number of halogens is 3. The maximum Gasteiger partial charge on any atom is 0.146 e. The lowest BCUT2D eigenvalue weighted by molar-refractivity contribution is 0.264. The first kappa shape index (κ1) is 18.1. The predicted octanol–water partition coefficient (Wildman–Crippen LogP) is 4.07. The van der Waals surface area contributed by atoms with Crippen molar-refractivity contribution in [1.82, 2.24) is 0 Å². The minimum Gasteiger partial charge on any atom is -0.456 e. The number of hydrogen-bond acceptors (Lipinski definition) is 3. The van der Waals surface area contributed by atoms with Crippen LogP contribution in [0.15, 0.2) is 42.5 Å². The Labute approximate surface area is 140 Å². The number of ether oxygens (including phenoxy) is 1. The molecule has 3 N–H and O–H groups in total. The van der Waals surface area contributed by atoms with Crippen molar-refractivity contribution in [3.05, 3.63) is 58.1 Å². The van der Waals surface area contributed by atoms with Crippen molar-refractivity contribution in [3.8, 4) is 11.5 Å². The summed E-state index contributed by atoms with van der Waals surface area (Å²) in [4.78, 5) is 0. The average molecular weight is 349 g/mol. The second kappa shape index (κ2) is 8.47.